The first-order valence-corrected chi connectivity index (χ1v) is 9.60. The van der Waals surface area contributed by atoms with Crippen LogP contribution in [0.1, 0.15) is 33.3 Å². The number of halogens is 1. The molecule has 0 amide bonds. The lowest BCUT2D eigenvalue weighted by Gasteiger charge is -2.14. The van der Waals surface area contributed by atoms with Gasteiger partial charge in [0.25, 0.3) is 0 Å². The molecule has 0 spiro atoms. The molecule has 2 heterocycles. The molecule has 0 saturated carbocycles. The third-order valence-corrected chi connectivity index (χ3v) is 4.84. The molecule has 0 atom stereocenters. The highest BCUT2D eigenvalue weighted by Gasteiger charge is 2.19. The number of rotatable bonds is 6. The molecule has 0 bridgehead atoms. The Kier molecular flexibility index (Phi) is 5.44. The summed E-state index contributed by atoms with van der Waals surface area (Å²) in [5.41, 5.74) is 1.43. The number of aromatic nitrogens is 3. The molecule has 2 aromatic carbocycles. The van der Waals surface area contributed by atoms with Crippen molar-refractivity contribution in [3.8, 4) is 5.69 Å². The molecule has 0 aliphatic rings. The smallest absolute Gasteiger partial charge is 0.343 e. The van der Waals surface area contributed by atoms with Crippen LogP contribution in [0.5, 0.6) is 0 Å². The van der Waals surface area contributed by atoms with Crippen molar-refractivity contribution in [1.82, 2.24) is 14.3 Å². The first-order chi connectivity index (χ1) is 15.0. The van der Waals surface area contributed by atoms with Crippen LogP contribution in [-0.2, 0) is 11.3 Å². The van der Waals surface area contributed by atoms with Crippen LogP contribution in [0.25, 0.3) is 16.6 Å². The van der Waals surface area contributed by atoms with E-state index in [1.165, 1.54) is 18.3 Å². The van der Waals surface area contributed by atoms with Gasteiger partial charge in [-0.25, -0.2) is 13.9 Å². The molecule has 156 valence electrons. The molecule has 0 fully saturated rings. The zero-order valence-corrected chi connectivity index (χ0v) is 16.6. The Morgan fingerprint density at radius 2 is 1.94 bits per heavy atom. The van der Waals surface area contributed by atoms with E-state index in [-0.39, 0.29) is 17.6 Å². The fourth-order valence-electron chi connectivity index (χ4n) is 3.38. The van der Waals surface area contributed by atoms with Gasteiger partial charge in [0.1, 0.15) is 17.1 Å². The number of benzene rings is 2. The van der Waals surface area contributed by atoms with Crippen molar-refractivity contribution in [2.45, 2.75) is 13.5 Å². The van der Waals surface area contributed by atoms with E-state index in [2.05, 4.69) is 5.10 Å². The molecule has 4 rings (SSSR count). The lowest BCUT2D eigenvalue weighted by Crippen LogP contribution is -2.22. The van der Waals surface area contributed by atoms with Gasteiger partial charge in [0.05, 0.1) is 23.2 Å². The zero-order chi connectivity index (χ0) is 22.0. The van der Waals surface area contributed by atoms with Crippen LogP contribution in [0.3, 0.4) is 0 Å². The maximum absolute atomic E-state index is 14.5. The number of pyridine rings is 1. The van der Waals surface area contributed by atoms with Gasteiger partial charge in [0.2, 0.25) is 5.43 Å². The average Bonchev–Trinajstić information content (AvgIpc) is 3.25. The Balaban J connectivity index is 1.74. The van der Waals surface area contributed by atoms with Gasteiger partial charge in [0.15, 0.2) is 6.29 Å². The van der Waals surface area contributed by atoms with Crippen molar-refractivity contribution in [3.63, 3.8) is 0 Å². The number of aldehydes is 1. The van der Waals surface area contributed by atoms with Crippen LogP contribution in [0.2, 0.25) is 0 Å². The summed E-state index contributed by atoms with van der Waals surface area (Å²) in [6.07, 6.45) is 3.76. The average molecular weight is 419 g/mol. The molecule has 7 nitrogen and oxygen atoms in total. The Hall–Kier alpha value is -4.07. The third kappa shape index (κ3) is 3.87. The van der Waals surface area contributed by atoms with Gasteiger partial charge in [-0.3, -0.25) is 9.59 Å². The number of hydrogen-bond acceptors (Lipinski definition) is 5. The van der Waals surface area contributed by atoms with Gasteiger partial charge in [-0.05, 0) is 42.8 Å². The standard InChI is InChI=1S/C23H18FN3O4/c1-2-31-23(30)18-13-26(20-5-3-4-19(24)21(20)22(18)29)12-15-6-8-17(9-7-15)27-11-10-16(14-28)25-27/h3-11,13-14H,2,12H2,1H3. The Morgan fingerprint density at radius 3 is 2.61 bits per heavy atom. The van der Waals surface area contributed by atoms with Crippen molar-refractivity contribution in [2.24, 2.45) is 0 Å². The van der Waals surface area contributed by atoms with Crippen LogP contribution < -0.4 is 5.43 Å². The fourth-order valence-corrected chi connectivity index (χ4v) is 3.38. The number of hydrogen-bond donors (Lipinski definition) is 0. The topological polar surface area (TPSA) is 83.2 Å². The van der Waals surface area contributed by atoms with Gasteiger partial charge in [-0.1, -0.05) is 18.2 Å². The first-order valence-electron chi connectivity index (χ1n) is 9.60. The molecule has 0 unspecified atom stereocenters. The second-order valence-electron chi connectivity index (χ2n) is 6.82. The highest BCUT2D eigenvalue weighted by atomic mass is 19.1. The maximum Gasteiger partial charge on any atom is 0.343 e. The predicted molar refractivity (Wildman–Crippen MR) is 112 cm³/mol. The van der Waals surface area contributed by atoms with Gasteiger partial charge >= 0.3 is 5.97 Å². The zero-order valence-electron chi connectivity index (χ0n) is 16.6. The first kappa shape index (κ1) is 20.2. The monoisotopic (exact) mass is 419 g/mol. The number of carbonyl (C=O) groups is 2. The molecular formula is C23H18FN3O4. The summed E-state index contributed by atoms with van der Waals surface area (Å²) in [5, 5.41) is 3.99. The van der Waals surface area contributed by atoms with E-state index in [0.717, 1.165) is 11.3 Å². The normalized spacial score (nSPS) is 10.9. The molecule has 8 heteroatoms. The molecule has 0 aliphatic heterocycles. The summed E-state index contributed by atoms with van der Waals surface area (Å²) in [6.45, 7) is 2.04. The van der Waals surface area contributed by atoms with Crippen molar-refractivity contribution < 1.29 is 18.7 Å². The SMILES string of the molecule is CCOC(=O)c1cn(Cc2ccc(-n3ccc(C=O)n3)cc2)c2cccc(F)c2c1=O. The minimum absolute atomic E-state index is 0.105. The summed E-state index contributed by atoms with van der Waals surface area (Å²) in [4.78, 5) is 35.8. The third-order valence-electron chi connectivity index (χ3n) is 4.84. The van der Waals surface area contributed by atoms with Gasteiger partial charge < -0.3 is 9.30 Å². The summed E-state index contributed by atoms with van der Waals surface area (Å²) in [5.74, 6) is -1.48. The summed E-state index contributed by atoms with van der Waals surface area (Å²) in [6, 6.07) is 13.3. The predicted octanol–water partition coefficient (Wildman–Crippen LogP) is 3.36. The summed E-state index contributed by atoms with van der Waals surface area (Å²) < 4.78 is 22.7. The van der Waals surface area contributed by atoms with Crippen molar-refractivity contribution >= 4 is 23.2 Å². The fraction of sp³-hybridized carbons (Fsp3) is 0.130. The highest BCUT2D eigenvalue weighted by Crippen LogP contribution is 2.18. The number of ether oxygens (including phenoxy) is 1. The van der Waals surface area contributed by atoms with Crippen LogP contribution in [0, 0.1) is 5.82 Å². The van der Waals surface area contributed by atoms with Crippen molar-refractivity contribution in [1.29, 1.82) is 0 Å². The lowest BCUT2D eigenvalue weighted by atomic mass is 10.1. The molecule has 0 N–H and O–H groups in total. The molecule has 4 aromatic rings. The number of fused-ring (bicyclic) bond motifs is 1. The van der Waals surface area contributed by atoms with E-state index < -0.39 is 17.2 Å². The largest absolute Gasteiger partial charge is 0.462 e. The van der Waals surface area contributed by atoms with Crippen molar-refractivity contribution in [3.05, 3.63) is 93.8 Å². The summed E-state index contributed by atoms with van der Waals surface area (Å²) in [7, 11) is 0. The molecule has 0 saturated heterocycles. The van der Waals surface area contributed by atoms with Crippen molar-refractivity contribution in [2.75, 3.05) is 6.61 Å². The second kappa shape index (κ2) is 8.35. The lowest BCUT2D eigenvalue weighted by molar-refractivity contribution is 0.0524. The van der Waals surface area contributed by atoms with Crippen LogP contribution in [0.15, 0.2) is 65.7 Å². The minimum Gasteiger partial charge on any atom is -0.462 e. The van der Waals surface area contributed by atoms with Gasteiger partial charge in [-0.2, -0.15) is 5.10 Å². The van der Waals surface area contributed by atoms with E-state index >= 15 is 0 Å². The van der Waals surface area contributed by atoms with Crippen LogP contribution in [-0.4, -0.2) is 33.2 Å². The molecule has 2 aromatic heterocycles. The van der Waals surface area contributed by atoms with Crippen LogP contribution in [0.4, 0.5) is 4.39 Å². The quantitative estimate of drug-likeness (QED) is 0.354. The molecular weight excluding hydrogens is 401 g/mol. The Labute approximate surface area is 176 Å². The minimum atomic E-state index is -0.786. The second-order valence-corrected chi connectivity index (χ2v) is 6.82. The van der Waals surface area contributed by atoms with Gasteiger partial charge in [0, 0.05) is 18.9 Å². The van der Waals surface area contributed by atoms with E-state index in [0.29, 0.717) is 24.0 Å². The van der Waals surface area contributed by atoms with Crippen LogP contribution >= 0.6 is 0 Å². The Bertz CT molecular complexity index is 1340. The van der Waals surface area contributed by atoms with E-state index in [9.17, 15) is 18.8 Å². The molecule has 31 heavy (non-hydrogen) atoms. The molecule has 0 aliphatic carbocycles. The Morgan fingerprint density at radius 1 is 1.16 bits per heavy atom. The number of esters is 1. The van der Waals surface area contributed by atoms with E-state index in [4.69, 9.17) is 4.74 Å². The molecule has 0 radical (unpaired) electrons. The highest BCUT2D eigenvalue weighted by molar-refractivity contribution is 5.94. The number of carbonyl (C=O) groups excluding carboxylic acids is 2. The van der Waals surface area contributed by atoms with E-state index in [1.54, 1.807) is 34.5 Å². The maximum atomic E-state index is 14.5. The number of nitrogens with zero attached hydrogens (tertiary/aromatic N) is 3. The van der Waals surface area contributed by atoms with E-state index in [1.807, 2.05) is 24.3 Å². The summed E-state index contributed by atoms with van der Waals surface area (Å²) >= 11 is 0. The van der Waals surface area contributed by atoms with Gasteiger partial charge in [-0.15, -0.1) is 0 Å².